The van der Waals surface area contributed by atoms with Crippen molar-refractivity contribution in [3.63, 3.8) is 0 Å². The minimum absolute atomic E-state index is 0.142. The Morgan fingerprint density at radius 1 is 1.37 bits per heavy atom. The Morgan fingerprint density at radius 2 is 2.23 bits per heavy atom. The van der Waals surface area contributed by atoms with Crippen LogP contribution in [0.4, 0.5) is 5.82 Å². The molecule has 2 atom stereocenters. The lowest BCUT2D eigenvalue weighted by atomic mass is 10.2. The molecule has 1 fully saturated rings. The molecule has 0 radical (unpaired) electrons. The monoisotopic (exact) mass is 408 g/mol. The highest BCUT2D eigenvalue weighted by atomic mass is 16.5. The third-order valence-corrected chi connectivity index (χ3v) is 5.70. The van der Waals surface area contributed by atoms with Gasteiger partial charge in [0.2, 0.25) is 5.88 Å². The largest absolute Gasteiger partial charge is 0.479 e. The van der Waals surface area contributed by atoms with Gasteiger partial charge in [0.05, 0.1) is 37.3 Å². The Kier molecular flexibility index (Phi) is 4.74. The van der Waals surface area contributed by atoms with Gasteiger partial charge in [0.25, 0.3) is 5.91 Å². The number of aromatic nitrogens is 5. The minimum Gasteiger partial charge on any atom is -0.479 e. The number of carbonyl (C=O) groups excluding carboxylic acids is 1. The van der Waals surface area contributed by atoms with E-state index in [4.69, 9.17) is 9.47 Å². The van der Waals surface area contributed by atoms with Crippen LogP contribution in [0.3, 0.4) is 0 Å². The summed E-state index contributed by atoms with van der Waals surface area (Å²) in [6.07, 6.45) is 6.75. The van der Waals surface area contributed by atoms with Crippen LogP contribution < -0.4 is 10.1 Å². The molecule has 3 aromatic rings. The molecule has 0 spiro atoms. The average molecular weight is 408 g/mol. The molecular formula is C21H24N6O3. The van der Waals surface area contributed by atoms with Crippen molar-refractivity contribution in [3.05, 3.63) is 42.0 Å². The van der Waals surface area contributed by atoms with Crippen LogP contribution in [-0.2, 0) is 17.7 Å². The number of methoxy groups -OCH3 is 1. The summed E-state index contributed by atoms with van der Waals surface area (Å²) in [5, 5.41) is 7.21. The minimum atomic E-state index is -0.316. The van der Waals surface area contributed by atoms with Gasteiger partial charge >= 0.3 is 0 Å². The lowest BCUT2D eigenvalue weighted by molar-refractivity contribution is -0.0610. The van der Waals surface area contributed by atoms with E-state index in [0.29, 0.717) is 24.0 Å². The van der Waals surface area contributed by atoms with Crippen molar-refractivity contribution in [1.82, 2.24) is 24.3 Å². The second-order valence-corrected chi connectivity index (χ2v) is 7.74. The SMILES string of the molecule is COc1nn(C[C@H]2CCO2)cc1C(=O)Nc1cccc(-c2cnc3n2[C@@H](C)CC3)n1. The maximum Gasteiger partial charge on any atom is 0.263 e. The standard InChI is InChI=1S/C21H24N6O3/c1-13-6-7-19-22-10-17(27(13)19)16-4-3-5-18(23-16)24-20(28)15-12-26(25-21(15)29-2)11-14-8-9-30-14/h3-5,10,12-14H,6-9,11H2,1-2H3,(H,23,24,28)/t13-,14+/m0/s1. The van der Waals surface area contributed by atoms with Crippen LogP contribution >= 0.6 is 0 Å². The summed E-state index contributed by atoms with van der Waals surface area (Å²) >= 11 is 0. The molecule has 0 aromatic carbocycles. The smallest absolute Gasteiger partial charge is 0.263 e. The van der Waals surface area contributed by atoms with Crippen LogP contribution in [0.15, 0.2) is 30.6 Å². The number of imidazole rings is 1. The fourth-order valence-electron chi connectivity index (χ4n) is 4.00. The summed E-state index contributed by atoms with van der Waals surface area (Å²) in [5.41, 5.74) is 2.12. The normalized spacial score (nSPS) is 19.9. The third-order valence-electron chi connectivity index (χ3n) is 5.70. The van der Waals surface area contributed by atoms with Gasteiger partial charge in [0.15, 0.2) is 0 Å². The maximum atomic E-state index is 12.9. The highest BCUT2D eigenvalue weighted by molar-refractivity contribution is 6.05. The zero-order chi connectivity index (χ0) is 20.7. The predicted molar refractivity (Wildman–Crippen MR) is 110 cm³/mol. The summed E-state index contributed by atoms with van der Waals surface area (Å²) in [4.78, 5) is 22.0. The lowest BCUT2D eigenvalue weighted by Crippen LogP contribution is -2.31. The van der Waals surface area contributed by atoms with Crippen molar-refractivity contribution < 1.29 is 14.3 Å². The Labute approximate surface area is 174 Å². The molecule has 9 heteroatoms. The molecule has 2 aliphatic heterocycles. The first kappa shape index (κ1) is 18.8. The summed E-state index contributed by atoms with van der Waals surface area (Å²) in [6, 6.07) is 5.98. The van der Waals surface area contributed by atoms with E-state index in [0.717, 1.165) is 43.1 Å². The van der Waals surface area contributed by atoms with Gasteiger partial charge in [-0.1, -0.05) is 6.07 Å². The van der Waals surface area contributed by atoms with E-state index >= 15 is 0 Å². The fraction of sp³-hybridized carbons (Fsp3) is 0.429. The van der Waals surface area contributed by atoms with Crippen LogP contribution in [-0.4, -0.2) is 50.0 Å². The molecule has 0 unspecified atom stereocenters. The lowest BCUT2D eigenvalue weighted by Gasteiger charge is -2.25. The van der Waals surface area contributed by atoms with E-state index in [9.17, 15) is 4.79 Å². The van der Waals surface area contributed by atoms with E-state index in [1.807, 2.05) is 18.3 Å². The number of rotatable bonds is 6. The molecule has 1 saturated heterocycles. The molecule has 9 nitrogen and oxygen atoms in total. The summed E-state index contributed by atoms with van der Waals surface area (Å²) in [7, 11) is 1.50. The van der Waals surface area contributed by atoms with Gasteiger partial charge in [0, 0.05) is 25.3 Å². The van der Waals surface area contributed by atoms with E-state index in [1.54, 1.807) is 16.9 Å². The Morgan fingerprint density at radius 3 is 3.00 bits per heavy atom. The molecule has 5 rings (SSSR count). The molecular weight excluding hydrogens is 384 g/mol. The van der Waals surface area contributed by atoms with Gasteiger partial charge in [0.1, 0.15) is 17.2 Å². The van der Waals surface area contributed by atoms with E-state index in [2.05, 4.69) is 31.9 Å². The molecule has 2 aliphatic rings. The molecule has 0 bridgehead atoms. The highest BCUT2D eigenvalue weighted by Gasteiger charge is 2.25. The number of hydrogen-bond donors (Lipinski definition) is 1. The number of fused-ring (bicyclic) bond motifs is 1. The van der Waals surface area contributed by atoms with Crippen molar-refractivity contribution in [2.45, 2.75) is 44.9 Å². The molecule has 30 heavy (non-hydrogen) atoms. The second-order valence-electron chi connectivity index (χ2n) is 7.74. The maximum absolute atomic E-state index is 12.9. The summed E-state index contributed by atoms with van der Waals surface area (Å²) in [6.45, 7) is 3.56. The summed E-state index contributed by atoms with van der Waals surface area (Å²) < 4.78 is 14.7. The van der Waals surface area contributed by atoms with Crippen LogP contribution in [0.5, 0.6) is 5.88 Å². The van der Waals surface area contributed by atoms with Gasteiger partial charge in [-0.15, -0.1) is 5.10 Å². The molecule has 1 amide bonds. The zero-order valence-electron chi connectivity index (χ0n) is 17.0. The summed E-state index contributed by atoms with van der Waals surface area (Å²) in [5.74, 6) is 1.52. The topological polar surface area (TPSA) is 96.1 Å². The predicted octanol–water partition coefficient (Wildman–Crippen LogP) is 2.70. The second kappa shape index (κ2) is 7.56. The Bertz CT molecular complexity index is 1080. The molecule has 5 heterocycles. The van der Waals surface area contributed by atoms with Gasteiger partial charge in [-0.05, 0) is 31.9 Å². The van der Waals surface area contributed by atoms with E-state index < -0.39 is 0 Å². The Balaban J connectivity index is 1.36. The third kappa shape index (κ3) is 3.35. The van der Waals surface area contributed by atoms with Crippen molar-refractivity contribution in [3.8, 4) is 17.3 Å². The van der Waals surface area contributed by atoms with E-state index in [1.165, 1.54) is 7.11 Å². The molecule has 156 valence electrons. The van der Waals surface area contributed by atoms with Crippen molar-refractivity contribution in [2.24, 2.45) is 0 Å². The molecule has 0 aliphatic carbocycles. The van der Waals surface area contributed by atoms with E-state index in [-0.39, 0.29) is 17.9 Å². The number of ether oxygens (including phenoxy) is 2. The number of aryl methyl sites for hydroxylation is 1. The molecule has 1 N–H and O–H groups in total. The number of pyridine rings is 1. The molecule has 0 saturated carbocycles. The number of nitrogens with one attached hydrogen (secondary N) is 1. The highest BCUT2D eigenvalue weighted by Crippen LogP contribution is 2.31. The van der Waals surface area contributed by atoms with Crippen LogP contribution in [0.1, 0.15) is 42.0 Å². The molecule has 3 aromatic heterocycles. The van der Waals surface area contributed by atoms with Gasteiger partial charge in [-0.2, -0.15) is 0 Å². The number of anilines is 1. The van der Waals surface area contributed by atoms with Crippen LogP contribution in [0.25, 0.3) is 11.4 Å². The number of nitrogens with zero attached hydrogens (tertiary/aromatic N) is 5. The number of amides is 1. The quantitative estimate of drug-likeness (QED) is 0.674. The zero-order valence-corrected chi connectivity index (χ0v) is 17.0. The van der Waals surface area contributed by atoms with Gasteiger partial charge < -0.3 is 19.4 Å². The van der Waals surface area contributed by atoms with Gasteiger partial charge in [-0.25, -0.2) is 9.97 Å². The first-order chi connectivity index (χ1) is 14.6. The fourth-order valence-corrected chi connectivity index (χ4v) is 4.00. The van der Waals surface area contributed by atoms with Crippen LogP contribution in [0, 0.1) is 0 Å². The van der Waals surface area contributed by atoms with Crippen LogP contribution in [0.2, 0.25) is 0 Å². The first-order valence-electron chi connectivity index (χ1n) is 10.2. The number of hydrogen-bond acceptors (Lipinski definition) is 6. The van der Waals surface area contributed by atoms with Crippen molar-refractivity contribution in [2.75, 3.05) is 19.0 Å². The number of carbonyl (C=O) groups is 1. The van der Waals surface area contributed by atoms with Gasteiger partial charge in [-0.3, -0.25) is 9.48 Å². The Hall–Kier alpha value is -3.20. The van der Waals surface area contributed by atoms with Crippen molar-refractivity contribution >= 4 is 11.7 Å². The first-order valence-corrected chi connectivity index (χ1v) is 10.2. The average Bonchev–Trinajstić information content (AvgIpc) is 3.41. The van der Waals surface area contributed by atoms with Crippen molar-refractivity contribution in [1.29, 1.82) is 0 Å².